The van der Waals surface area contributed by atoms with E-state index in [1.165, 1.54) is 0 Å². The minimum Gasteiger partial charge on any atom is -0.383 e. The molecule has 3 heterocycles. The fourth-order valence-corrected chi connectivity index (χ4v) is 4.37. The number of nitrogens with one attached hydrogen (secondary N) is 1. The van der Waals surface area contributed by atoms with Gasteiger partial charge in [0, 0.05) is 12.5 Å². The third kappa shape index (κ3) is 3.23. The number of aromatic amines is 1. The Bertz CT molecular complexity index is 857. The van der Waals surface area contributed by atoms with Crippen molar-refractivity contribution >= 4 is 22.8 Å². The van der Waals surface area contributed by atoms with Crippen molar-refractivity contribution in [2.24, 2.45) is 5.92 Å². The third-order valence-electron chi connectivity index (χ3n) is 5.71. The number of anilines is 1. The lowest BCUT2D eigenvalue weighted by Crippen LogP contribution is -2.41. The smallest absolute Gasteiger partial charge is 0.383 e. The molecule has 2 aliphatic rings. The van der Waals surface area contributed by atoms with Gasteiger partial charge in [0.1, 0.15) is 5.82 Å². The monoisotopic (exact) mass is 381 g/mol. The number of hydrogen-bond acceptors (Lipinski definition) is 4. The first-order valence-corrected chi connectivity index (χ1v) is 9.38. The number of hydrogen-bond donors (Lipinski definition) is 2. The van der Waals surface area contributed by atoms with E-state index < -0.39 is 17.8 Å². The van der Waals surface area contributed by atoms with Crippen LogP contribution in [0, 0.1) is 5.92 Å². The number of aromatic nitrogens is 3. The van der Waals surface area contributed by atoms with Gasteiger partial charge in [-0.3, -0.25) is 9.89 Å². The van der Waals surface area contributed by atoms with E-state index in [-0.39, 0.29) is 34.4 Å². The maximum atomic E-state index is 13.6. The Morgan fingerprint density at radius 2 is 1.89 bits per heavy atom. The summed E-state index contributed by atoms with van der Waals surface area (Å²) < 4.78 is 40.9. The lowest BCUT2D eigenvalue weighted by molar-refractivity contribution is -0.139. The number of likely N-dealkylation sites (tertiary alicyclic amines) is 1. The normalized spacial score (nSPS) is 21.9. The molecule has 1 aliphatic heterocycles. The number of amides is 1. The van der Waals surface area contributed by atoms with Crippen LogP contribution in [0.4, 0.5) is 19.0 Å². The van der Waals surface area contributed by atoms with Crippen LogP contribution in [0.2, 0.25) is 0 Å². The SMILES string of the molecule is Nc1[nH]nc2nc([C@H]3CCCCN3C(=O)C3CCCC3)cc(C(F)(F)F)c12. The van der Waals surface area contributed by atoms with Crippen LogP contribution in [-0.4, -0.2) is 32.5 Å². The van der Waals surface area contributed by atoms with Gasteiger partial charge < -0.3 is 10.6 Å². The van der Waals surface area contributed by atoms with Crippen molar-refractivity contribution in [1.82, 2.24) is 20.1 Å². The van der Waals surface area contributed by atoms with Crippen molar-refractivity contribution in [3.05, 3.63) is 17.3 Å². The number of piperidine rings is 1. The van der Waals surface area contributed by atoms with Gasteiger partial charge in [0.05, 0.1) is 22.7 Å². The summed E-state index contributed by atoms with van der Waals surface area (Å²) in [5.74, 6) is -0.120. The van der Waals surface area contributed by atoms with Crippen LogP contribution in [-0.2, 0) is 11.0 Å². The van der Waals surface area contributed by atoms with Crippen LogP contribution in [0.25, 0.3) is 11.0 Å². The van der Waals surface area contributed by atoms with E-state index in [0.29, 0.717) is 13.0 Å². The lowest BCUT2D eigenvalue weighted by atomic mass is 9.94. The lowest BCUT2D eigenvalue weighted by Gasteiger charge is -2.37. The number of fused-ring (bicyclic) bond motifs is 1. The fraction of sp³-hybridized carbons (Fsp3) is 0.611. The highest BCUT2D eigenvalue weighted by Crippen LogP contribution is 2.40. The van der Waals surface area contributed by atoms with Crippen LogP contribution in [0.3, 0.4) is 0 Å². The molecule has 2 fully saturated rings. The molecule has 0 unspecified atom stereocenters. The Labute approximate surface area is 154 Å². The number of nitrogens with zero attached hydrogens (tertiary/aromatic N) is 3. The van der Waals surface area contributed by atoms with Crippen LogP contribution in [0.5, 0.6) is 0 Å². The number of alkyl halides is 3. The molecule has 9 heteroatoms. The van der Waals surface area contributed by atoms with E-state index in [4.69, 9.17) is 5.73 Å². The Hall–Kier alpha value is -2.32. The number of carbonyl (C=O) groups is 1. The number of carbonyl (C=O) groups excluding carboxylic acids is 1. The van der Waals surface area contributed by atoms with E-state index >= 15 is 0 Å². The molecule has 3 N–H and O–H groups in total. The van der Waals surface area contributed by atoms with E-state index in [1.807, 2.05) is 0 Å². The van der Waals surface area contributed by atoms with E-state index in [0.717, 1.165) is 44.6 Å². The average Bonchev–Trinajstić information content (AvgIpc) is 3.30. The predicted molar refractivity (Wildman–Crippen MR) is 93.6 cm³/mol. The second-order valence-corrected chi connectivity index (χ2v) is 7.45. The minimum absolute atomic E-state index is 0.0163. The first kappa shape index (κ1) is 18.1. The molecule has 27 heavy (non-hydrogen) atoms. The molecule has 0 radical (unpaired) electrons. The molecule has 146 valence electrons. The highest BCUT2D eigenvalue weighted by molar-refractivity contribution is 5.90. The average molecular weight is 381 g/mol. The first-order valence-electron chi connectivity index (χ1n) is 9.38. The summed E-state index contributed by atoms with van der Waals surface area (Å²) in [6.07, 6.45) is 1.52. The highest BCUT2D eigenvalue weighted by Gasteiger charge is 2.38. The molecule has 0 bridgehead atoms. The van der Waals surface area contributed by atoms with Crippen molar-refractivity contribution in [2.45, 2.75) is 57.2 Å². The molecule has 1 saturated carbocycles. The summed E-state index contributed by atoms with van der Waals surface area (Å²) in [4.78, 5) is 19.0. The second kappa shape index (κ2) is 6.69. The van der Waals surface area contributed by atoms with E-state index in [2.05, 4.69) is 15.2 Å². The number of rotatable bonds is 2. The van der Waals surface area contributed by atoms with Crippen molar-refractivity contribution in [1.29, 1.82) is 0 Å². The van der Waals surface area contributed by atoms with Gasteiger partial charge in [-0.15, -0.1) is 0 Å². The van der Waals surface area contributed by atoms with E-state index in [9.17, 15) is 18.0 Å². The highest BCUT2D eigenvalue weighted by atomic mass is 19.4. The maximum Gasteiger partial charge on any atom is 0.417 e. The van der Waals surface area contributed by atoms with Gasteiger partial charge in [-0.2, -0.15) is 18.3 Å². The van der Waals surface area contributed by atoms with Crippen LogP contribution >= 0.6 is 0 Å². The van der Waals surface area contributed by atoms with Gasteiger partial charge in [0.25, 0.3) is 0 Å². The summed E-state index contributed by atoms with van der Waals surface area (Å²) in [5, 5.41) is 6.00. The molecule has 1 amide bonds. The van der Waals surface area contributed by atoms with Gasteiger partial charge in [0.2, 0.25) is 5.91 Å². The Morgan fingerprint density at radius 3 is 2.59 bits per heavy atom. The molecule has 6 nitrogen and oxygen atoms in total. The third-order valence-corrected chi connectivity index (χ3v) is 5.71. The molecule has 2 aromatic heterocycles. The van der Waals surface area contributed by atoms with Gasteiger partial charge in [-0.05, 0) is 38.2 Å². The molecule has 0 aromatic carbocycles. The van der Waals surface area contributed by atoms with Crippen LogP contribution in [0.1, 0.15) is 62.2 Å². The quantitative estimate of drug-likeness (QED) is 0.828. The largest absolute Gasteiger partial charge is 0.417 e. The topological polar surface area (TPSA) is 87.9 Å². The summed E-state index contributed by atoms with van der Waals surface area (Å²) in [6.45, 7) is 0.559. The van der Waals surface area contributed by atoms with Gasteiger partial charge in [-0.25, -0.2) is 4.98 Å². The standard InChI is InChI=1S/C18H22F3N5O/c19-18(20,21)11-9-12(23-16-14(11)15(22)24-25-16)13-7-3-4-8-26(13)17(27)10-5-1-2-6-10/h9-10,13H,1-8H2,(H3,22,23,24,25)/t13-/m1/s1. The van der Waals surface area contributed by atoms with Gasteiger partial charge >= 0.3 is 6.18 Å². The molecule has 0 spiro atoms. The van der Waals surface area contributed by atoms with E-state index in [1.54, 1.807) is 4.90 Å². The molecule has 2 aromatic rings. The zero-order valence-electron chi connectivity index (χ0n) is 14.9. The Balaban J connectivity index is 1.76. The number of halogens is 3. The summed E-state index contributed by atoms with van der Waals surface area (Å²) >= 11 is 0. The fourth-order valence-electron chi connectivity index (χ4n) is 4.37. The van der Waals surface area contributed by atoms with Crippen molar-refractivity contribution in [2.75, 3.05) is 12.3 Å². The molecular weight excluding hydrogens is 359 g/mol. The minimum atomic E-state index is -4.58. The van der Waals surface area contributed by atoms with Crippen molar-refractivity contribution in [3.63, 3.8) is 0 Å². The Morgan fingerprint density at radius 1 is 1.19 bits per heavy atom. The maximum absolute atomic E-state index is 13.6. The number of nitrogen functional groups attached to an aromatic ring is 1. The molecular formula is C18H22F3N5O. The number of H-pyrrole nitrogens is 1. The molecule has 1 aliphatic carbocycles. The van der Waals surface area contributed by atoms with Crippen molar-refractivity contribution < 1.29 is 18.0 Å². The Kier molecular flexibility index (Phi) is 4.47. The van der Waals surface area contributed by atoms with Crippen LogP contribution < -0.4 is 5.73 Å². The number of nitrogens with two attached hydrogens (primary N) is 1. The van der Waals surface area contributed by atoms with Crippen LogP contribution in [0.15, 0.2) is 6.07 Å². The summed E-state index contributed by atoms with van der Waals surface area (Å²) in [6, 6.07) is 0.592. The van der Waals surface area contributed by atoms with Gasteiger partial charge in [0.15, 0.2) is 5.65 Å². The summed E-state index contributed by atoms with van der Waals surface area (Å²) in [7, 11) is 0. The second-order valence-electron chi connectivity index (χ2n) is 7.45. The number of pyridine rings is 1. The van der Waals surface area contributed by atoms with Crippen molar-refractivity contribution in [3.8, 4) is 0 Å². The molecule has 1 saturated heterocycles. The zero-order valence-corrected chi connectivity index (χ0v) is 14.9. The molecule has 1 atom stereocenters. The predicted octanol–water partition coefficient (Wildman–Crippen LogP) is 3.80. The van der Waals surface area contributed by atoms with Gasteiger partial charge in [-0.1, -0.05) is 12.8 Å². The first-order chi connectivity index (χ1) is 12.9. The zero-order chi connectivity index (χ0) is 19.2. The summed E-state index contributed by atoms with van der Waals surface area (Å²) in [5.41, 5.74) is 4.97. The molecule has 4 rings (SSSR count).